The summed E-state index contributed by atoms with van der Waals surface area (Å²) in [6.45, 7) is 1.46. The summed E-state index contributed by atoms with van der Waals surface area (Å²) in [7, 11) is 0. The van der Waals surface area contributed by atoms with Crippen LogP contribution in [0.3, 0.4) is 0 Å². The fourth-order valence-corrected chi connectivity index (χ4v) is 1.67. The molecule has 0 saturated carbocycles. The smallest absolute Gasteiger partial charge is 0.314 e. The summed E-state index contributed by atoms with van der Waals surface area (Å²) in [5.74, 6) is -1.22. The molecule has 1 aromatic heterocycles. The number of carbonyl (C=O) groups excluding carboxylic acids is 1. The van der Waals surface area contributed by atoms with E-state index in [4.69, 9.17) is 4.74 Å². The number of halogens is 1. The first-order valence-corrected chi connectivity index (χ1v) is 6.25. The summed E-state index contributed by atoms with van der Waals surface area (Å²) < 4.78 is 17.9. The zero-order valence-corrected chi connectivity index (χ0v) is 11.6. The summed E-state index contributed by atoms with van der Waals surface area (Å²) in [6.07, 6.45) is 0.893. The fraction of sp³-hybridized carbons (Fsp3) is 0.143. The van der Waals surface area contributed by atoms with Crippen LogP contribution in [0.1, 0.15) is 12.5 Å². The Morgan fingerprint density at radius 3 is 2.68 bits per heavy atom. The van der Waals surface area contributed by atoms with Gasteiger partial charge in [-0.05, 0) is 17.7 Å². The van der Waals surface area contributed by atoms with Gasteiger partial charge in [-0.1, -0.05) is 12.1 Å². The normalized spacial score (nSPS) is 10.1. The molecular formula is C14H12FN3O4. The van der Waals surface area contributed by atoms with Gasteiger partial charge in [0.05, 0.1) is 17.2 Å². The molecule has 8 heteroatoms. The van der Waals surface area contributed by atoms with Gasteiger partial charge in [0.25, 0.3) is 0 Å². The van der Waals surface area contributed by atoms with Crippen LogP contribution >= 0.6 is 0 Å². The zero-order valence-electron chi connectivity index (χ0n) is 11.6. The van der Waals surface area contributed by atoms with E-state index in [1.54, 1.807) is 24.3 Å². The predicted molar refractivity (Wildman–Crippen MR) is 76.0 cm³/mol. The van der Waals surface area contributed by atoms with Crippen molar-refractivity contribution in [1.29, 1.82) is 0 Å². The zero-order chi connectivity index (χ0) is 16.1. The Labute approximate surface area is 124 Å². The molecule has 114 valence electrons. The van der Waals surface area contributed by atoms with Crippen molar-refractivity contribution in [2.75, 3.05) is 5.32 Å². The number of aromatic nitrogens is 1. The highest BCUT2D eigenvalue weighted by atomic mass is 19.1. The van der Waals surface area contributed by atoms with Crippen molar-refractivity contribution < 1.29 is 18.8 Å². The number of nitro groups is 1. The molecule has 2 aromatic rings. The minimum Gasteiger partial charge on any atom is -0.461 e. The lowest BCUT2D eigenvalue weighted by Crippen LogP contribution is -2.01. The lowest BCUT2D eigenvalue weighted by molar-refractivity contribution is -0.384. The molecule has 0 aliphatic carbocycles. The SMILES string of the molecule is CC(=O)OCc1ccc(Nc2ncc(F)cc2[N+](=O)[O-])cc1. The fourth-order valence-electron chi connectivity index (χ4n) is 1.67. The molecule has 7 nitrogen and oxygen atoms in total. The van der Waals surface area contributed by atoms with E-state index in [2.05, 4.69) is 10.3 Å². The third-order valence-electron chi connectivity index (χ3n) is 2.69. The van der Waals surface area contributed by atoms with Crippen molar-refractivity contribution in [2.45, 2.75) is 13.5 Å². The predicted octanol–water partition coefficient (Wildman–Crippen LogP) is 2.94. The summed E-state index contributed by atoms with van der Waals surface area (Å²) >= 11 is 0. The Morgan fingerprint density at radius 1 is 1.41 bits per heavy atom. The Bertz CT molecular complexity index is 704. The van der Waals surface area contributed by atoms with Gasteiger partial charge in [-0.15, -0.1) is 0 Å². The molecule has 0 radical (unpaired) electrons. The van der Waals surface area contributed by atoms with E-state index in [9.17, 15) is 19.3 Å². The largest absolute Gasteiger partial charge is 0.461 e. The Hall–Kier alpha value is -3.03. The van der Waals surface area contributed by atoms with Crippen molar-refractivity contribution in [3.8, 4) is 0 Å². The molecule has 1 aromatic carbocycles. The Balaban J connectivity index is 2.14. The molecule has 0 saturated heterocycles. The van der Waals surface area contributed by atoms with Crippen LogP contribution in [-0.2, 0) is 16.1 Å². The van der Waals surface area contributed by atoms with E-state index in [0.29, 0.717) is 5.69 Å². The van der Waals surface area contributed by atoms with E-state index in [1.807, 2.05) is 0 Å². The highest BCUT2D eigenvalue weighted by Gasteiger charge is 2.16. The minimum atomic E-state index is -0.783. The molecule has 0 bridgehead atoms. The van der Waals surface area contributed by atoms with Gasteiger partial charge in [-0.3, -0.25) is 14.9 Å². The monoisotopic (exact) mass is 305 g/mol. The summed E-state index contributed by atoms with van der Waals surface area (Å²) in [4.78, 5) is 24.6. The molecule has 0 fully saturated rings. The van der Waals surface area contributed by atoms with Crippen LogP contribution in [-0.4, -0.2) is 15.9 Å². The van der Waals surface area contributed by atoms with Gasteiger partial charge < -0.3 is 10.1 Å². The van der Waals surface area contributed by atoms with E-state index < -0.39 is 16.4 Å². The van der Waals surface area contributed by atoms with E-state index in [1.165, 1.54) is 6.92 Å². The van der Waals surface area contributed by atoms with Gasteiger partial charge in [0.15, 0.2) is 0 Å². The molecule has 0 amide bonds. The second-order valence-electron chi connectivity index (χ2n) is 4.38. The third kappa shape index (κ3) is 3.98. The first kappa shape index (κ1) is 15.4. The van der Waals surface area contributed by atoms with Crippen molar-refractivity contribution >= 4 is 23.2 Å². The average molecular weight is 305 g/mol. The number of ether oxygens (including phenoxy) is 1. The highest BCUT2D eigenvalue weighted by molar-refractivity contribution is 5.66. The maximum atomic E-state index is 13.0. The number of esters is 1. The van der Waals surface area contributed by atoms with Crippen molar-refractivity contribution in [3.63, 3.8) is 0 Å². The van der Waals surface area contributed by atoms with Crippen LogP contribution < -0.4 is 5.32 Å². The van der Waals surface area contributed by atoms with Crippen LogP contribution in [0.15, 0.2) is 36.5 Å². The van der Waals surface area contributed by atoms with E-state index in [-0.39, 0.29) is 18.4 Å². The lowest BCUT2D eigenvalue weighted by atomic mass is 10.2. The number of nitrogens with one attached hydrogen (secondary N) is 1. The standard InChI is InChI=1S/C14H12FN3O4/c1-9(19)22-8-10-2-4-12(5-3-10)17-14-13(18(20)21)6-11(15)7-16-14/h2-7H,8H2,1H3,(H,16,17). The van der Waals surface area contributed by atoms with Crippen LogP contribution in [0.5, 0.6) is 0 Å². The van der Waals surface area contributed by atoms with Gasteiger partial charge in [-0.25, -0.2) is 9.37 Å². The Morgan fingerprint density at radius 2 is 2.09 bits per heavy atom. The van der Waals surface area contributed by atoms with E-state index >= 15 is 0 Å². The van der Waals surface area contributed by atoms with Gasteiger partial charge in [-0.2, -0.15) is 0 Å². The van der Waals surface area contributed by atoms with Crippen LogP contribution in [0.25, 0.3) is 0 Å². The highest BCUT2D eigenvalue weighted by Crippen LogP contribution is 2.25. The van der Waals surface area contributed by atoms with E-state index in [0.717, 1.165) is 17.8 Å². The van der Waals surface area contributed by atoms with Crippen LogP contribution in [0, 0.1) is 15.9 Å². The minimum absolute atomic E-state index is 0.0564. The van der Waals surface area contributed by atoms with Crippen LogP contribution in [0.2, 0.25) is 0 Å². The van der Waals surface area contributed by atoms with Crippen LogP contribution in [0.4, 0.5) is 21.6 Å². The number of hydrogen-bond donors (Lipinski definition) is 1. The lowest BCUT2D eigenvalue weighted by Gasteiger charge is -2.07. The van der Waals surface area contributed by atoms with Crippen molar-refractivity contribution in [3.05, 3.63) is 58.0 Å². The molecule has 0 spiro atoms. The number of carbonyl (C=O) groups is 1. The average Bonchev–Trinajstić information content (AvgIpc) is 2.48. The molecule has 0 aliphatic heterocycles. The molecule has 1 N–H and O–H groups in total. The number of hydrogen-bond acceptors (Lipinski definition) is 6. The van der Waals surface area contributed by atoms with Gasteiger partial charge >= 0.3 is 11.7 Å². The third-order valence-corrected chi connectivity index (χ3v) is 2.69. The summed E-state index contributed by atoms with van der Waals surface area (Å²) in [5, 5.41) is 13.6. The second kappa shape index (κ2) is 6.61. The second-order valence-corrected chi connectivity index (χ2v) is 4.38. The quantitative estimate of drug-likeness (QED) is 0.518. The first-order chi connectivity index (χ1) is 10.5. The van der Waals surface area contributed by atoms with Gasteiger partial charge in [0, 0.05) is 12.6 Å². The number of nitrogens with zero attached hydrogens (tertiary/aromatic N) is 2. The summed E-state index contributed by atoms with van der Waals surface area (Å²) in [5.41, 5.74) is 0.847. The number of rotatable bonds is 5. The molecule has 0 atom stereocenters. The maximum Gasteiger partial charge on any atom is 0.314 e. The topological polar surface area (TPSA) is 94.4 Å². The molecular weight excluding hydrogens is 293 g/mol. The molecule has 0 aliphatic rings. The summed E-state index contributed by atoms with van der Waals surface area (Å²) in [6, 6.07) is 7.48. The van der Waals surface area contributed by atoms with Crippen molar-refractivity contribution in [1.82, 2.24) is 4.98 Å². The number of pyridine rings is 1. The molecule has 0 unspecified atom stereocenters. The molecule has 22 heavy (non-hydrogen) atoms. The number of anilines is 2. The van der Waals surface area contributed by atoms with Crippen molar-refractivity contribution in [2.24, 2.45) is 0 Å². The number of benzene rings is 1. The first-order valence-electron chi connectivity index (χ1n) is 6.25. The van der Waals surface area contributed by atoms with Gasteiger partial charge in [0.1, 0.15) is 12.4 Å². The Kier molecular flexibility index (Phi) is 4.62. The molecule has 2 rings (SSSR count). The maximum absolute atomic E-state index is 13.0. The molecule has 1 heterocycles. The van der Waals surface area contributed by atoms with Gasteiger partial charge in [0.2, 0.25) is 5.82 Å².